The summed E-state index contributed by atoms with van der Waals surface area (Å²) in [5.41, 5.74) is 6.19. The predicted octanol–water partition coefficient (Wildman–Crippen LogP) is -1.50. The summed E-state index contributed by atoms with van der Waals surface area (Å²) >= 11 is 0. The van der Waals surface area contributed by atoms with Crippen LogP contribution in [0.15, 0.2) is 11.9 Å². The van der Waals surface area contributed by atoms with Crippen molar-refractivity contribution >= 4 is 5.91 Å². The minimum Gasteiger partial charge on any atom is -0.401 e. The number of rotatable bonds is 8. The average molecular weight is 231 g/mol. The molecule has 1 amide bonds. The van der Waals surface area contributed by atoms with E-state index < -0.39 is 0 Å². The fraction of sp³-hybridized carbons (Fsp3) is 0.700. The van der Waals surface area contributed by atoms with Crippen molar-refractivity contribution in [3.63, 3.8) is 0 Å². The van der Waals surface area contributed by atoms with Gasteiger partial charge in [-0.3, -0.25) is 4.79 Å². The lowest BCUT2D eigenvalue weighted by atomic mass is 10.1. The maximum absolute atomic E-state index is 11.3. The van der Waals surface area contributed by atoms with Crippen LogP contribution in [0, 0.1) is 5.92 Å². The third kappa shape index (κ3) is 7.08. The number of aliphatic hydroxyl groups excluding tert-OH is 2. The van der Waals surface area contributed by atoms with E-state index in [9.17, 15) is 4.79 Å². The van der Waals surface area contributed by atoms with E-state index in [2.05, 4.69) is 10.6 Å². The monoisotopic (exact) mass is 231 g/mol. The van der Waals surface area contributed by atoms with Crippen LogP contribution in [0.5, 0.6) is 0 Å². The molecule has 6 heteroatoms. The van der Waals surface area contributed by atoms with Gasteiger partial charge in [-0.25, -0.2) is 0 Å². The van der Waals surface area contributed by atoms with Gasteiger partial charge in [0.05, 0.1) is 0 Å². The van der Waals surface area contributed by atoms with E-state index in [0.29, 0.717) is 18.5 Å². The van der Waals surface area contributed by atoms with E-state index in [1.807, 2.05) is 0 Å². The molecule has 0 radical (unpaired) electrons. The molecule has 0 aromatic rings. The average Bonchev–Trinajstić information content (AvgIpc) is 2.28. The van der Waals surface area contributed by atoms with E-state index in [-0.39, 0.29) is 31.6 Å². The fourth-order valence-corrected chi connectivity index (χ4v) is 1.05. The van der Waals surface area contributed by atoms with Crippen LogP contribution in [0.4, 0.5) is 0 Å². The molecule has 0 aliphatic heterocycles. The number of hydrogen-bond acceptors (Lipinski definition) is 5. The molecule has 94 valence electrons. The van der Waals surface area contributed by atoms with Crippen LogP contribution in [0.2, 0.25) is 0 Å². The minimum absolute atomic E-state index is 0.139. The highest BCUT2D eigenvalue weighted by molar-refractivity contribution is 5.76. The van der Waals surface area contributed by atoms with Gasteiger partial charge in [0.2, 0.25) is 5.91 Å². The van der Waals surface area contributed by atoms with E-state index in [1.165, 1.54) is 0 Å². The number of allylic oxidation sites excluding steroid dienone is 1. The molecule has 0 aliphatic carbocycles. The molecule has 0 bridgehead atoms. The smallest absolute Gasteiger partial charge is 0.220 e. The molecule has 0 saturated carbocycles. The molecule has 16 heavy (non-hydrogen) atoms. The number of nitrogens with one attached hydrogen (secondary N) is 2. The number of hydrogen-bond donors (Lipinski definition) is 5. The molecule has 0 atom stereocenters. The van der Waals surface area contributed by atoms with Crippen molar-refractivity contribution in [1.29, 1.82) is 0 Å². The molecule has 0 unspecified atom stereocenters. The Morgan fingerprint density at radius 3 is 2.50 bits per heavy atom. The number of amides is 1. The number of nitrogens with two attached hydrogens (primary N) is 1. The summed E-state index contributed by atoms with van der Waals surface area (Å²) in [6.45, 7) is -0.00136. The minimum atomic E-state index is -0.297. The highest BCUT2D eigenvalue weighted by atomic mass is 16.3. The fourth-order valence-electron chi connectivity index (χ4n) is 1.05. The van der Waals surface area contributed by atoms with Gasteiger partial charge in [0.1, 0.15) is 0 Å². The lowest BCUT2D eigenvalue weighted by molar-refractivity contribution is -0.121. The summed E-state index contributed by atoms with van der Waals surface area (Å²) in [6, 6.07) is 0. The van der Waals surface area contributed by atoms with Crippen molar-refractivity contribution in [2.45, 2.75) is 12.8 Å². The molecule has 0 aromatic heterocycles. The first kappa shape index (κ1) is 14.7. The standard InChI is InChI=1S/C10H21N3O3/c1-12-5-9(11)2-3-10(16)13-4-8(6-14)7-15/h5,8,12,14-15H,2-4,6-7,11H2,1H3,(H,13,16)/b9-5-. The second kappa shape index (κ2) is 8.99. The SMILES string of the molecule is CN/C=C(\N)CCC(=O)NCC(CO)CO. The van der Waals surface area contributed by atoms with Crippen molar-refractivity contribution < 1.29 is 15.0 Å². The third-order valence-corrected chi connectivity index (χ3v) is 2.07. The first-order chi connectivity index (χ1) is 7.63. The number of carbonyl (C=O) groups is 1. The van der Waals surface area contributed by atoms with Crippen LogP contribution in [-0.4, -0.2) is 42.9 Å². The van der Waals surface area contributed by atoms with Crippen molar-refractivity contribution in [2.24, 2.45) is 11.7 Å². The van der Waals surface area contributed by atoms with E-state index in [1.54, 1.807) is 13.2 Å². The van der Waals surface area contributed by atoms with Gasteiger partial charge in [0, 0.05) is 51.0 Å². The first-order valence-corrected chi connectivity index (χ1v) is 5.24. The van der Waals surface area contributed by atoms with E-state index in [0.717, 1.165) is 0 Å². The summed E-state index contributed by atoms with van der Waals surface area (Å²) in [4.78, 5) is 11.3. The van der Waals surface area contributed by atoms with Crippen LogP contribution >= 0.6 is 0 Å². The quantitative estimate of drug-likeness (QED) is 0.349. The second-order valence-electron chi connectivity index (χ2n) is 3.54. The second-order valence-corrected chi connectivity index (χ2v) is 3.54. The highest BCUT2D eigenvalue weighted by Crippen LogP contribution is 1.97. The Kier molecular flexibility index (Phi) is 8.28. The number of aliphatic hydroxyl groups is 2. The summed E-state index contributed by atoms with van der Waals surface area (Å²) < 4.78 is 0. The first-order valence-electron chi connectivity index (χ1n) is 5.24. The molecule has 0 rings (SSSR count). The largest absolute Gasteiger partial charge is 0.401 e. The normalized spacial score (nSPS) is 11.6. The maximum Gasteiger partial charge on any atom is 0.220 e. The van der Waals surface area contributed by atoms with Gasteiger partial charge in [-0.1, -0.05) is 0 Å². The van der Waals surface area contributed by atoms with Crippen molar-refractivity contribution in [3.05, 3.63) is 11.9 Å². The number of carbonyl (C=O) groups excluding carboxylic acids is 1. The molecule has 0 aromatic carbocycles. The van der Waals surface area contributed by atoms with Crippen LogP contribution < -0.4 is 16.4 Å². The van der Waals surface area contributed by atoms with Gasteiger partial charge in [0.15, 0.2) is 0 Å². The Morgan fingerprint density at radius 2 is 2.00 bits per heavy atom. The van der Waals surface area contributed by atoms with Gasteiger partial charge in [-0.2, -0.15) is 0 Å². The molecule has 0 saturated heterocycles. The Morgan fingerprint density at radius 1 is 1.38 bits per heavy atom. The van der Waals surface area contributed by atoms with Gasteiger partial charge in [-0.05, 0) is 6.42 Å². The molecule has 6 nitrogen and oxygen atoms in total. The lowest BCUT2D eigenvalue weighted by Crippen LogP contribution is -2.32. The van der Waals surface area contributed by atoms with Crippen molar-refractivity contribution in [3.8, 4) is 0 Å². The van der Waals surface area contributed by atoms with Crippen LogP contribution in [-0.2, 0) is 4.79 Å². The topological polar surface area (TPSA) is 108 Å². The zero-order valence-corrected chi connectivity index (χ0v) is 9.57. The zero-order valence-electron chi connectivity index (χ0n) is 9.57. The Hall–Kier alpha value is -1.27. The summed E-state index contributed by atoms with van der Waals surface area (Å²) in [5.74, 6) is -0.437. The summed E-state index contributed by atoms with van der Waals surface area (Å²) in [7, 11) is 1.74. The Balaban J connectivity index is 3.70. The highest BCUT2D eigenvalue weighted by Gasteiger charge is 2.08. The Bertz CT molecular complexity index is 227. The maximum atomic E-state index is 11.3. The van der Waals surface area contributed by atoms with Gasteiger partial charge in [0.25, 0.3) is 0 Å². The molecule has 0 aliphatic rings. The van der Waals surface area contributed by atoms with Gasteiger partial charge >= 0.3 is 0 Å². The molecule has 0 heterocycles. The van der Waals surface area contributed by atoms with Crippen molar-refractivity contribution in [2.75, 3.05) is 26.8 Å². The van der Waals surface area contributed by atoms with Crippen LogP contribution in [0.25, 0.3) is 0 Å². The van der Waals surface area contributed by atoms with E-state index >= 15 is 0 Å². The Labute approximate surface area is 95.5 Å². The van der Waals surface area contributed by atoms with E-state index in [4.69, 9.17) is 15.9 Å². The van der Waals surface area contributed by atoms with Gasteiger partial charge < -0.3 is 26.6 Å². The van der Waals surface area contributed by atoms with Crippen LogP contribution in [0.3, 0.4) is 0 Å². The summed E-state index contributed by atoms with van der Waals surface area (Å²) in [5, 5.41) is 23.0. The lowest BCUT2D eigenvalue weighted by Gasteiger charge is -2.11. The van der Waals surface area contributed by atoms with Gasteiger partial charge in [-0.15, -0.1) is 0 Å². The molecule has 6 N–H and O–H groups in total. The van der Waals surface area contributed by atoms with Crippen LogP contribution in [0.1, 0.15) is 12.8 Å². The molecule has 0 fully saturated rings. The van der Waals surface area contributed by atoms with Crippen molar-refractivity contribution in [1.82, 2.24) is 10.6 Å². The molecular weight excluding hydrogens is 210 g/mol. The predicted molar refractivity (Wildman–Crippen MR) is 61.2 cm³/mol. The summed E-state index contributed by atoms with van der Waals surface area (Å²) in [6.07, 6.45) is 2.42. The molecule has 0 spiro atoms. The molecular formula is C10H21N3O3. The third-order valence-electron chi connectivity index (χ3n) is 2.07. The zero-order chi connectivity index (χ0) is 12.4.